The van der Waals surface area contributed by atoms with E-state index in [1.54, 1.807) is 12.1 Å². The highest BCUT2D eigenvalue weighted by Gasteiger charge is 2.02. The maximum absolute atomic E-state index is 10.3. The average Bonchev–Trinajstić information content (AvgIpc) is 2.15. The van der Waals surface area contributed by atoms with Crippen LogP contribution < -0.4 is 0 Å². The Kier molecular flexibility index (Phi) is 3.43. The average molecular weight is 178 g/mol. The molecule has 0 unspecified atom stereocenters. The van der Waals surface area contributed by atoms with Gasteiger partial charge in [-0.05, 0) is 24.8 Å². The number of benzene rings is 1. The first-order valence-electron chi connectivity index (χ1n) is 4.25. The van der Waals surface area contributed by atoms with E-state index in [2.05, 4.69) is 6.42 Å². The molecule has 3 nitrogen and oxygen atoms in total. The van der Waals surface area contributed by atoms with Gasteiger partial charge in [-0.25, -0.2) is 0 Å². The van der Waals surface area contributed by atoms with Gasteiger partial charge in [0.15, 0.2) is 0 Å². The summed E-state index contributed by atoms with van der Waals surface area (Å²) in [6, 6.07) is 6.71. The van der Waals surface area contributed by atoms with Crippen LogP contribution in [0.25, 0.3) is 0 Å². The SMILES string of the molecule is C[CH]CCc1ccc([N+](=O)[O-])cc1. The summed E-state index contributed by atoms with van der Waals surface area (Å²) in [4.78, 5) is 9.95. The van der Waals surface area contributed by atoms with Crippen LogP contribution in [0.4, 0.5) is 5.69 Å². The van der Waals surface area contributed by atoms with Crippen molar-refractivity contribution < 1.29 is 4.92 Å². The smallest absolute Gasteiger partial charge is 0.258 e. The highest BCUT2D eigenvalue weighted by Crippen LogP contribution is 2.13. The van der Waals surface area contributed by atoms with Crippen molar-refractivity contribution in [2.24, 2.45) is 0 Å². The third-order valence-electron chi connectivity index (χ3n) is 1.87. The van der Waals surface area contributed by atoms with Crippen LogP contribution in [0.1, 0.15) is 18.9 Å². The molecule has 0 spiro atoms. The van der Waals surface area contributed by atoms with Crippen LogP contribution in [-0.2, 0) is 6.42 Å². The summed E-state index contributed by atoms with van der Waals surface area (Å²) in [5.41, 5.74) is 1.30. The Morgan fingerprint density at radius 1 is 1.38 bits per heavy atom. The Bertz CT molecular complexity index is 279. The molecule has 0 saturated heterocycles. The fourth-order valence-corrected chi connectivity index (χ4v) is 1.10. The molecule has 3 heteroatoms. The first-order valence-corrected chi connectivity index (χ1v) is 4.25. The highest BCUT2D eigenvalue weighted by molar-refractivity contribution is 5.32. The summed E-state index contributed by atoms with van der Waals surface area (Å²) in [5.74, 6) is 0. The second kappa shape index (κ2) is 4.60. The van der Waals surface area contributed by atoms with Gasteiger partial charge in [0.25, 0.3) is 5.69 Å². The van der Waals surface area contributed by atoms with Crippen LogP contribution in [-0.4, -0.2) is 4.92 Å². The predicted octanol–water partition coefficient (Wildman–Crippen LogP) is 2.75. The molecule has 0 aliphatic heterocycles. The van der Waals surface area contributed by atoms with Gasteiger partial charge in [0, 0.05) is 12.1 Å². The number of nitro groups is 1. The molecule has 0 aliphatic rings. The minimum atomic E-state index is -0.379. The third kappa shape index (κ3) is 2.86. The molecule has 1 aromatic rings. The van der Waals surface area contributed by atoms with Gasteiger partial charge in [0.1, 0.15) is 0 Å². The van der Waals surface area contributed by atoms with Gasteiger partial charge in [-0.15, -0.1) is 0 Å². The topological polar surface area (TPSA) is 43.1 Å². The molecule has 0 saturated carbocycles. The Hall–Kier alpha value is -1.38. The lowest BCUT2D eigenvalue weighted by molar-refractivity contribution is -0.384. The van der Waals surface area contributed by atoms with Crippen LogP contribution in [0.2, 0.25) is 0 Å². The lowest BCUT2D eigenvalue weighted by Crippen LogP contribution is -1.89. The van der Waals surface area contributed by atoms with E-state index in [1.807, 2.05) is 19.1 Å². The van der Waals surface area contributed by atoms with E-state index in [1.165, 1.54) is 0 Å². The number of hydrogen-bond donors (Lipinski definition) is 0. The number of unbranched alkanes of at least 4 members (excludes halogenated alkanes) is 1. The highest BCUT2D eigenvalue weighted by atomic mass is 16.6. The van der Waals surface area contributed by atoms with E-state index in [0.717, 1.165) is 18.4 Å². The molecular formula is C10H12NO2. The van der Waals surface area contributed by atoms with Crippen LogP contribution in [0.5, 0.6) is 0 Å². The quantitative estimate of drug-likeness (QED) is 0.525. The second-order valence-electron chi connectivity index (χ2n) is 2.87. The van der Waals surface area contributed by atoms with E-state index in [4.69, 9.17) is 0 Å². The Morgan fingerprint density at radius 3 is 2.46 bits per heavy atom. The van der Waals surface area contributed by atoms with Crippen molar-refractivity contribution in [3.63, 3.8) is 0 Å². The van der Waals surface area contributed by atoms with E-state index in [-0.39, 0.29) is 10.6 Å². The molecule has 69 valence electrons. The molecule has 0 fully saturated rings. The van der Waals surface area contributed by atoms with Crippen molar-refractivity contribution in [1.82, 2.24) is 0 Å². The van der Waals surface area contributed by atoms with Gasteiger partial charge in [0.05, 0.1) is 4.92 Å². The molecule has 0 aromatic heterocycles. The number of aryl methyl sites for hydroxylation is 1. The molecule has 0 atom stereocenters. The van der Waals surface area contributed by atoms with Crippen LogP contribution in [0.15, 0.2) is 24.3 Å². The van der Waals surface area contributed by atoms with E-state index in [0.29, 0.717) is 0 Å². The molecule has 1 rings (SSSR count). The first kappa shape index (κ1) is 9.71. The fraction of sp³-hybridized carbons (Fsp3) is 0.300. The van der Waals surface area contributed by atoms with Crippen molar-refractivity contribution in [2.75, 3.05) is 0 Å². The minimum Gasteiger partial charge on any atom is -0.258 e. The van der Waals surface area contributed by atoms with Crippen molar-refractivity contribution in [3.05, 3.63) is 46.4 Å². The van der Waals surface area contributed by atoms with Gasteiger partial charge < -0.3 is 0 Å². The molecule has 0 heterocycles. The van der Waals surface area contributed by atoms with Gasteiger partial charge in [-0.2, -0.15) is 0 Å². The molecular weight excluding hydrogens is 166 g/mol. The standard InChI is InChI=1S/C10H12NO2/c1-2-3-4-9-5-7-10(8-6-9)11(12)13/h2,5-8H,3-4H2,1H3. The molecule has 0 bridgehead atoms. The monoisotopic (exact) mass is 178 g/mol. The Balaban J connectivity index is 2.64. The lowest BCUT2D eigenvalue weighted by Gasteiger charge is -1.98. The predicted molar refractivity (Wildman–Crippen MR) is 51.4 cm³/mol. The summed E-state index contributed by atoms with van der Waals surface area (Å²) in [6.45, 7) is 2.01. The summed E-state index contributed by atoms with van der Waals surface area (Å²) in [6.07, 6.45) is 4.05. The maximum atomic E-state index is 10.3. The normalized spacial score (nSPS) is 9.92. The number of nitro benzene ring substituents is 1. The van der Waals surface area contributed by atoms with Gasteiger partial charge in [-0.1, -0.05) is 19.1 Å². The van der Waals surface area contributed by atoms with Crippen molar-refractivity contribution >= 4 is 5.69 Å². The van der Waals surface area contributed by atoms with Crippen LogP contribution in [0, 0.1) is 16.5 Å². The number of nitrogens with zero attached hydrogens (tertiary/aromatic N) is 1. The zero-order chi connectivity index (χ0) is 9.68. The van der Waals surface area contributed by atoms with Crippen molar-refractivity contribution in [1.29, 1.82) is 0 Å². The Morgan fingerprint density at radius 2 is 2.00 bits per heavy atom. The summed E-state index contributed by atoms with van der Waals surface area (Å²) in [5, 5.41) is 10.3. The fourth-order valence-electron chi connectivity index (χ4n) is 1.10. The second-order valence-corrected chi connectivity index (χ2v) is 2.87. The Labute approximate surface area is 77.5 Å². The molecule has 0 aliphatic carbocycles. The zero-order valence-electron chi connectivity index (χ0n) is 7.56. The van der Waals surface area contributed by atoms with E-state index < -0.39 is 0 Å². The maximum Gasteiger partial charge on any atom is 0.269 e. The molecule has 1 aromatic carbocycles. The minimum absolute atomic E-state index is 0.157. The van der Waals surface area contributed by atoms with Gasteiger partial charge in [0.2, 0.25) is 0 Å². The molecule has 13 heavy (non-hydrogen) atoms. The zero-order valence-corrected chi connectivity index (χ0v) is 7.56. The largest absolute Gasteiger partial charge is 0.269 e. The van der Waals surface area contributed by atoms with E-state index >= 15 is 0 Å². The van der Waals surface area contributed by atoms with Crippen LogP contribution >= 0.6 is 0 Å². The van der Waals surface area contributed by atoms with Crippen molar-refractivity contribution in [2.45, 2.75) is 19.8 Å². The number of non-ortho nitro benzene ring substituents is 1. The van der Waals surface area contributed by atoms with Crippen molar-refractivity contribution in [3.8, 4) is 0 Å². The van der Waals surface area contributed by atoms with E-state index in [9.17, 15) is 10.1 Å². The first-order chi connectivity index (χ1) is 6.24. The summed E-state index contributed by atoms with van der Waals surface area (Å²) in [7, 11) is 0. The number of rotatable bonds is 4. The van der Waals surface area contributed by atoms with Gasteiger partial charge in [-0.3, -0.25) is 10.1 Å². The number of hydrogen-bond acceptors (Lipinski definition) is 2. The molecule has 0 N–H and O–H groups in total. The summed E-state index contributed by atoms with van der Waals surface area (Å²) >= 11 is 0. The summed E-state index contributed by atoms with van der Waals surface area (Å²) < 4.78 is 0. The lowest BCUT2D eigenvalue weighted by atomic mass is 10.1. The molecule has 1 radical (unpaired) electrons. The third-order valence-corrected chi connectivity index (χ3v) is 1.87. The van der Waals surface area contributed by atoms with Crippen LogP contribution in [0.3, 0.4) is 0 Å². The van der Waals surface area contributed by atoms with Gasteiger partial charge >= 0.3 is 0 Å². The molecule has 0 amide bonds.